The van der Waals surface area contributed by atoms with Gasteiger partial charge in [-0.1, -0.05) is 13.8 Å². The summed E-state index contributed by atoms with van der Waals surface area (Å²) in [5.74, 6) is -1.62. The van der Waals surface area contributed by atoms with Gasteiger partial charge in [0.25, 0.3) is 0 Å². The number of carboxylic acid groups (broad SMARTS) is 1. The fraction of sp³-hybridized carbons (Fsp3) is 0.625. The van der Waals surface area contributed by atoms with Crippen molar-refractivity contribution in [2.45, 2.75) is 26.7 Å². The summed E-state index contributed by atoms with van der Waals surface area (Å²) in [6.07, 6.45) is 3.10. The molecule has 64 valence electrons. The second-order valence-electron chi connectivity index (χ2n) is 2.43. The van der Waals surface area contributed by atoms with Crippen LogP contribution in [0.5, 0.6) is 0 Å². The van der Waals surface area contributed by atoms with E-state index in [1.54, 1.807) is 0 Å². The standard InChI is InChI=1S/C8H14O3/c1-3-6(4-2)5-7(9)8(10)11/h5-6,9H,3-4H2,1-2H3,(H,10,11). The molecule has 0 atom stereocenters. The molecular weight excluding hydrogens is 144 g/mol. The molecule has 2 N–H and O–H groups in total. The van der Waals surface area contributed by atoms with Gasteiger partial charge < -0.3 is 10.2 Å². The third-order valence-corrected chi connectivity index (χ3v) is 1.66. The average Bonchev–Trinajstić information content (AvgIpc) is 1.99. The minimum absolute atomic E-state index is 0.172. The zero-order chi connectivity index (χ0) is 8.85. The van der Waals surface area contributed by atoms with E-state index >= 15 is 0 Å². The largest absolute Gasteiger partial charge is 0.502 e. The van der Waals surface area contributed by atoms with Gasteiger partial charge in [0.1, 0.15) is 0 Å². The first-order chi connectivity index (χ1) is 5.11. The van der Waals surface area contributed by atoms with E-state index in [1.165, 1.54) is 6.08 Å². The highest BCUT2D eigenvalue weighted by Gasteiger charge is 2.06. The molecule has 0 saturated carbocycles. The smallest absolute Gasteiger partial charge is 0.370 e. The maximum atomic E-state index is 10.1. The fourth-order valence-corrected chi connectivity index (χ4v) is 0.819. The van der Waals surface area contributed by atoms with E-state index in [1.807, 2.05) is 13.8 Å². The fourth-order valence-electron chi connectivity index (χ4n) is 0.819. The summed E-state index contributed by atoms with van der Waals surface area (Å²) in [5.41, 5.74) is 0. The van der Waals surface area contributed by atoms with Crippen molar-refractivity contribution in [3.05, 3.63) is 11.8 Å². The highest BCUT2D eigenvalue weighted by Crippen LogP contribution is 2.10. The van der Waals surface area contributed by atoms with Gasteiger partial charge in [0.05, 0.1) is 0 Å². The minimum atomic E-state index is -1.25. The third-order valence-electron chi connectivity index (χ3n) is 1.66. The Kier molecular flexibility index (Phi) is 4.34. The van der Waals surface area contributed by atoms with Crippen LogP contribution >= 0.6 is 0 Å². The first-order valence-electron chi connectivity index (χ1n) is 3.75. The molecule has 0 spiro atoms. The monoisotopic (exact) mass is 158 g/mol. The minimum Gasteiger partial charge on any atom is -0.502 e. The van der Waals surface area contributed by atoms with Crippen LogP contribution in [0, 0.1) is 5.92 Å². The molecule has 0 aromatic carbocycles. The summed E-state index contributed by atoms with van der Waals surface area (Å²) in [6, 6.07) is 0. The zero-order valence-corrected chi connectivity index (χ0v) is 6.87. The Balaban J connectivity index is 4.14. The first kappa shape index (κ1) is 10.0. The van der Waals surface area contributed by atoms with Gasteiger partial charge in [-0.25, -0.2) is 4.79 Å². The SMILES string of the molecule is CCC(C=C(O)C(=O)O)CC. The number of allylic oxidation sites excluding steroid dienone is 1. The van der Waals surface area contributed by atoms with Crippen molar-refractivity contribution in [1.29, 1.82) is 0 Å². The van der Waals surface area contributed by atoms with Crippen molar-refractivity contribution >= 4 is 5.97 Å². The number of aliphatic hydroxyl groups is 1. The molecule has 0 rings (SSSR count). The van der Waals surface area contributed by atoms with Crippen LogP contribution in [0.3, 0.4) is 0 Å². The van der Waals surface area contributed by atoms with Crippen LogP contribution in [0.1, 0.15) is 26.7 Å². The molecule has 0 aliphatic carbocycles. The van der Waals surface area contributed by atoms with Gasteiger partial charge in [-0.15, -0.1) is 0 Å². The Morgan fingerprint density at radius 2 is 1.82 bits per heavy atom. The predicted molar refractivity (Wildman–Crippen MR) is 42.4 cm³/mol. The summed E-state index contributed by atoms with van der Waals surface area (Å²) < 4.78 is 0. The number of aliphatic hydroxyl groups excluding tert-OH is 1. The molecule has 0 fully saturated rings. The lowest BCUT2D eigenvalue weighted by Gasteiger charge is -2.04. The van der Waals surface area contributed by atoms with Gasteiger partial charge >= 0.3 is 5.97 Å². The Morgan fingerprint density at radius 3 is 2.09 bits per heavy atom. The quantitative estimate of drug-likeness (QED) is 0.485. The second-order valence-corrected chi connectivity index (χ2v) is 2.43. The van der Waals surface area contributed by atoms with Crippen LogP contribution in [0.4, 0.5) is 0 Å². The van der Waals surface area contributed by atoms with E-state index in [-0.39, 0.29) is 5.92 Å². The van der Waals surface area contributed by atoms with Gasteiger partial charge in [0.15, 0.2) is 5.76 Å². The number of carbonyl (C=O) groups is 1. The summed E-state index contributed by atoms with van der Waals surface area (Å²) >= 11 is 0. The highest BCUT2D eigenvalue weighted by molar-refractivity contribution is 5.83. The van der Waals surface area contributed by atoms with Gasteiger partial charge in [-0.2, -0.15) is 0 Å². The van der Waals surface area contributed by atoms with Crippen LogP contribution < -0.4 is 0 Å². The van der Waals surface area contributed by atoms with Gasteiger partial charge in [-0.3, -0.25) is 0 Å². The number of rotatable bonds is 4. The van der Waals surface area contributed by atoms with Crippen LogP contribution in [-0.2, 0) is 4.79 Å². The van der Waals surface area contributed by atoms with Gasteiger partial charge in [-0.05, 0) is 24.8 Å². The lowest BCUT2D eigenvalue weighted by Crippen LogP contribution is -2.02. The Morgan fingerprint density at radius 1 is 1.36 bits per heavy atom. The number of carboxylic acids is 1. The Bertz CT molecular complexity index is 157. The Labute approximate surface area is 66.4 Å². The molecule has 0 heterocycles. The van der Waals surface area contributed by atoms with Crippen molar-refractivity contribution in [2.75, 3.05) is 0 Å². The van der Waals surface area contributed by atoms with Crippen molar-refractivity contribution in [3.63, 3.8) is 0 Å². The predicted octanol–water partition coefficient (Wildman–Crippen LogP) is 1.95. The molecule has 3 heteroatoms. The molecule has 0 radical (unpaired) electrons. The normalized spacial score (nSPS) is 12.1. The van der Waals surface area contributed by atoms with Crippen molar-refractivity contribution in [2.24, 2.45) is 5.92 Å². The molecular formula is C8H14O3. The van der Waals surface area contributed by atoms with Gasteiger partial charge in [0, 0.05) is 0 Å². The average molecular weight is 158 g/mol. The molecule has 3 nitrogen and oxygen atoms in total. The summed E-state index contributed by atoms with van der Waals surface area (Å²) in [5, 5.41) is 17.1. The second kappa shape index (κ2) is 4.77. The molecule has 0 amide bonds. The molecule has 0 saturated heterocycles. The van der Waals surface area contributed by atoms with Crippen molar-refractivity contribution < 1.29 is 15.0 Å². The number of aliphatic carboxylic acids is 1. The molecule has 0 bridgehead atoms. The van der Waals surface area contributed by atoms with Crippen LogP contribution in [0.15, 0.2) is 11.8 Å². The summed E-state index contributed by atoms with van der Waals surface area (Å²) in [6.45, 7) is 3.92. The summed E-state index contributed by atoms with van der Waals surface area (Å²) in [7, 11) is 0. The molecule has 0 aromatic heterocycles. The lowest BCUT2D eigenvalue weighted by atomic mass is 10.0. The molecule has 0 aliphatic rings. The van der Waals surface area contributed by atoms with E-state index < -0.39 is 11.7 Å². The Hall–Kier alpha value is -0.990. The van der Waals surface area contributed by atoms with Crippen molar-refractivity contribution in [3.8, 4) is 0 Å². The van der Waals surface area contributed by atoms with Crippen molar-refractivity contribution in [1.82, 2.24) is 0 Å². The first-order valence-corrected chi connectivity index (χ1v) is 3.75. The number of hydrogen-bond acceptors (Lipinski definition) is 2. The summed E-state index contributed by atoms with van der Waals surface area (Å²) in [4.78, 5) is 10.1. The van der Waals surface area contributed by atoms with Gasteiger partial charge in [0.2, 0.25) is 0 Å². The lowest BCUT2D eigenvalue weighted by molar-refractivity contribution is -0.135. The van der Waals surface area contributed by atoms with Crippen LogP contribution in [0.2, 0.25) is 0 Å². The van der Waals surface area contributed by atoms with Crippen LogP contribution in [-0.4, -0.2) is 16.2 Å². The van der Waals surface area contributed by atoms with E-state index in [9.17, 15) is 4.79 Å². The van der Waals surface area contributed by atoms with E-state index in [0.717, 1.165) is 12.8 Å². The maximum Gasteiger partial charge on any atom is 0.370 e. The topological polar surface area (TPSA) is 57.5 Å². The molecule has 0 aliphatic heterocycles. The third kappa shape index (κ3) is 3.65. The molecule has 0 aromatic rings. The molecule has 0 unspecified atom stereocenters. The maximum absolute atomic E-state index is 10.1. The molecule has 11 heavy (non-hydrogen) atoms. The van der Waals surface area contributed by atoms with E-state index in [2.05, 4.69) is 0 Å². The van der Waals surface area contributed by atoms with Crippen LogP contribution in [0.25, 0.3) is 0 Å². The highest BCUT2D eigenvalue weighted by atomic mass is 16.4. The van der Waals surface area contributed by atoms with E-state index in [0.29, 0.717) is 0 Å². The van der Waals surface area contributed by atoms with E-state index in [4.69, 9.17) is 10.2 Å². The zero-order valence-electron chi connectivity index (χ0n) is 6.87. The number of hydrogen-bond donors (Lipinski definition) is 2.